The average molecular weight is 312 g/mol. The fourth-order valence-corrected chi connectivity index (χ4v) is 3.37. The zero-order chi connectivity index (χ0) is 15.1. The van der Waals surface area contributed by atoms with Crippen LogP contribution in [0, 0.1) is 5.92 Å². The number of fused-ring (bicyclic) bond motifs is 1. The van der Waals surface area contributed by atoms with Gasteiger partial charge in [0.25, 0.3) is 0 Å². The summed E-state index contributed by atoms with van der Waals surface area (Å²) in [7, 11) is 0. The molecule has 2 N–H and O–H groups in total. The molecule has 2 aliphatic rings. The molecule has 114 valence electrons. The predicted octanol–water partition coefficient (Wildman–Crippen LogP) is 2.93. The zero-order valence-corrected chi connectivity index (χ0v) is 12.7. The van der Waals surface area contributed by atoms with Crippen LogP contribution in [0.4, 0.5) is 0 Å². The molecule has 0 amide bonds. The first-order chi connectivity index (χ1) is 9.99. The normalized spacial score (nSPS) is 23.8. The lowest BCUT2D eigenvalue weighted by Gasteiger charge is -2.21. The topological polar surface area (TPSA) is 67.8 Å². The van der Waals surface area contributed by atoms with Gasteiger partial charge in [-0.25, -0.2) is 0 Å². The van der Waals surface area contributed by atoms with Crippen molar-refractivity contribution in [3.8, 4) is 11.5 Å². The standard InChI is InChI=1S/C15H18ClNO4/c1-7(2)12-9(11-3-8(5-17-11)15(18)19)4-10(16)13-14(12)21-6-20-13/h4,7-8,11,17H,3,5-6H2,1-2H3,(H,18,19). The molecule has 2 atom stereocenters. The number of rotatable bonds is 3. The third-order valence-electron chi connectivity index (χ3n) is 4.10. The molecule has 6 heteroatoms. The molecule has 0 aliphatic carbocycles. The van der Waals surface area contributed by atoms with Crippen molar-refractivity contribution in [2.24, 2.45) is 5.92 Å². The lowest BCUT2D eigenvalue weighted by molar-refractivity contribution is -0.141. The van der Waals surface area contributed by atoms with Crippen LogP contribution >= 0.6 is 11.6 Å². The monoisotopic (exact) mass is 311 g/mol. The van der Waals surface area contributed by atoms with Gasteiger partial charge in [0.2, 0.25) is 6.79 Å². The first kappa shape index (κ1) is 14.5. The summed E-state index contributed by atoms with van der Waals surface area (Å²) < 4.78 is 11.0. The number of benzene rings is 1. The van der Waals surface area contributed by atoms with Crippen molar-refractivity contribution in [3.63, 3.8) is 0 Å². The summed E-state index contributed by atoms with van der Waals surface area (Å²) in [6.07, 6.45) is 0.561. The molecule has 2 unspecified atom stereocenters. The first-order valence-corrected chi connectivity index (χ1v) is 7.45. The van der Waals surface area contributed by atoms with E-state index >= 15 is 0 Å². The highest BCUT2D eigenvalue weighted by molar-refractivity contribution is 6.32. The molecule has 0 bridgehead atoms. The summed E-state index contributed by atoms with van der Waals surface area (Å²) in [6, 6.07) is 1.86. The van der Waals surface area contributed by atoms with Crippen molar-refractivity contribution in [1.29, 1.82) is 0 Å². The van der Waals surface area contributed by atoms with E-state index in [1.165, 1.54) is 0 Å². The minimum Gasteiger partial charge on any atom is -0.481 e. The molecule has 21 heavy (non-hydrogen) atoms. The predicted molar refractivity (Wildman–Crippen MR) is 78.2 cm³/mol. The van der Waals surface area contributed by atoms with Crippen molar-refractivity contribution in [1.82, 2.24) is 5.32 Å². The summed E-state index contributed by atoms with van der Waals surface area (Å²) >= 11 is 6.28. The molecular formula is C15H18ClNO4. The fraction of sp³-hybridized carbons (Fsp3) is 0.533. The number of aliphatic carboxylic acids is 1. The van der Waals surface area contributed by atoms with E-state index in [1.54, 1.807) is 0 Å². The van der Waals surface area contributed by atoms with E-state index in [0.29, 0.717) is 29.5 Å². The first-order valence-electron chi connectivity index (χ1n) is 7.07. The van der Waals surface area contributed by atoms with E-state index in [9.17, 15) is 4.79 Å². The maximum absolute atomic E-state index is 11.1. The Bertz CT molecular complexity index is 588. The van der Waals surface area contributed by atoms with Gasteiger partial charge < -0.3 is 19.9 Å². The van der Waals surface area contributed by atoms with Gasteiger partial charge in [-0.05, 0) is 24.0 Å². The Morgan fingerprint density at radius 2 is 2.14 bits per heavy atom. The van der Waals surface area contributed by atoms with Gasteiger partial charge in [-0.2, -0.15) is 0 Å². The number of halogens is 1. The molecule has 0 saturated carbocycles. The molecule has 0 radical (unpaired) electrons. The highest BCUT2D eigenvalue weighted by Gasteiger charge is 2.35. The summed E-state index contributed by atoms with van der Waals surface area (Å²) in [4.78, 5) is 11.1. The third kappa shape index (κ3) is 2.45. The van der Waals surface area contributed by atoms with Crippen LogP contribution in [-0.2, 0) is 4.79 Å². The zero-order valence-electron chi connectivity index (χ0n) is 12.0. The van der Waals surface area contributed by atoms with Crippen LogP contribution in [0.25, 0.3) is 0 Å². The number of carboxylic acids is 1. The maximum atomic E-state index is 11.1. The second-order valence-electron chi connectivity index (χ2n) is 5.81. The lowest BCUT2D eigenvalue weighted by atomic mass is 9.89. The Labute approximate surface area is 128 Å². The molecule has 2 heterocycles. The molecular weight excluding hydrogens is 294 g/mol. The molecule has 5 nitrogen and oxygen atoms in total. The Hall–Kier alpha value is -1.46. The summed E-state index contributed by atoms with van der Waals surface area (Å²) in [5, 5.41) is 13.0. The number of hydrogen-bond acceptors (Lipinski definition) is 4. The third-order valence-corrected chi connectivity index (χ3v) is 4.38. The quantitative estimate of drug-likeness (QED) is 0.898. The van der Waals surface area contributed by atoms with Gasteiger partial charge >= 0.3 is 5.97 Å². The van der Waals surface area contributed by atoms with E-state index < -0.39 is 5.97 Å². The minimum absolute atomic E-state index is 0.0181. The Kier molecular flexibility index (Phi) is 3.71. The van der Waals surface area contributed by atoms with Gasteiger partial charge in [0.05, 0.1) is 10.9 Å². The van der Waals surface area contributed by atoms with Crippen molar-refractivity contribution < 1.29 is 19.4 Å². The molecule has 0 aromatic heterocycles. The number of carboxylic acid groups (broad SMARTS) is 1. The van der Waals surface area contributed by atoms with Crippen LogP contribution in [0.15, 0.2) is 6.07 Å². The Morgan fingerprint density at radius 3 is 2.76 bits per heavy atom. The van der Waals surface area contributed by atoms with Crippen LogP contribution in [0.3, 0.4) is 0 Å². The van der Waals surface area contributed by atoms with E-state index in [4.69, 9.17) is 26.2 Å². The van der Waals surface area contributed by atoms with E-state index in [2.05, 4.69) is 19.2 Å². The second-order valence-corrected chi connectivity index (χ2v) is 6.22. The van der Waals surface area contributed by atoms with Crippen molar-refractivity contribution in [2.75, 3.05) is 13.3 Å². The highest BCUT2D eigenvalue weighted by atomic mass is 35.5. The summed E-state index contributed by atoms with van der Waals surface area (Å²) in [5.74, 6) is 0.408. The number of carbonyl (C=O) groups is 1. The van der Waals surface area contributed by atoms with Gasteiger partial charge in [-0.15, -0.1) is 0 Å². The average Bonchev–Trinajstić information content (AvgIpc) is 3.07. The number of ether oxygens (including phenoxy) is 2. The lowest BCUT2D eigenvalue weighted by Crippen LogP contribution is -2.18. The summed E-state index contributed by atoms with van der Waals surface area (Å²) in [5.41, 5.74) is 2.07. The van der Waals surface area contributed by atoms with E-state index in [0.717, 1.165) is 11.1 Å². The molecule has 1 saturated heterocycles. The highest BCUT2D eigenvalue weighted by Crippen LogP contribution is 2.48. The minimum atomic E-state index is -0.761. The van der Waals surface area contributed by atoms with Crippen molar-refractivity contribution >= 4 is 17.6 Å². The van der Waals surface area contributed by atoms with Gasteiger partial charge in [-0.1, -0.05) is 25.4 Å². The second kappa shape index (κ2) is 5.39. The van der Waals surface area contributed by atoms with Crippen LogP contribution < -0.4 is 14.8 Å². The van der Waals surface area contributed by atoms with Crippen molar-refractivity contribution in [3.05, 3.63) is 22.2 Å². The molecule has 1 aromatic rings. The van der Waals surface area contributed by atoms with E-state index in [-0.39, 0.29) is 24.7 Å². The Balaban J connectivity index is 2.03. The Morgan fingerprint density at radius 1 is 1.43 bits per heavy atom. The smallest absolute Gasteiger partial charge is 0.307 e. The van der Waals surface area contributed by atoms with Gasteiger partial charge in [0.15, 0.2) is 11.5 Å². The molecule has 3 rings (SSSR count). The van der Waals surface area contributed by atoms with Gasteiger partial charge in [0, 0.05) is 18.2 Å². The van der Waals surface area contributed by atoms with Gasteiger partial charge in [0.1, 0.15) is 0 Å². The van der Waals surface area contributed by atoms with Crippen LogP contribution in [0.5, 0.6) is 11.5 Å². The molecule has 1 fully saturated rings. The summed E-state index contributed by atoms with van der Waals surface area (Å²) in [6.45, 7) is 4.81. The van der Waals surface area contributed by atoms with Gasteiger partial charge in [-0.3, -0.25) is 4.79 Å². The molecule has 0 spiro atoms. The largest absolute Gasteiger partial charge is 0.481 e. The molecule has 1 aromatic carbocycles. The van der Waals surface area contributed by atoms with Crippen molar-refractivity contribution in [2.45, 2.75) is 32.2 Å². The number of hydrogen-bond donors (Lipinski definition) is 2. The molecule has 2 aliphatic heterocycles. The van der Waals surface area contributed by atoms with Crippen LogP contribution in [0.1, 0.15) is 43.4 Å². The fourth-order valence-electron chi connectivity index (χ4n) is 3.11. The number of nitrogens with one attached hydrogen (secondary N) is 1. The van der Waals surface area contributed by atoms with Crippen LogP contribution in [-0.4, -0.2) is 24.4 Å². The van der Waals surface area contributed by atoms with Crippen LogP contribution in [0.2, 0.25) is 5.02 Å². The SMILES string of the molecule is CC(C)c1c(C2CC(C(=O)O)CN2)cc(Cl)c2c1OCO2. The maximum Gasteiger partial charge on any atom is 0.307 e. The van der Waals surface area contributed by atoms with E-state index in [1.807, 2.05) is 6.07 Å².